The number of aromatic hydroxyl groups is 1. The molecule has 1 amide bonds. The summed E-state index contributed by atoms with van der Waals surface area (Å²) in [5.41, 5.74) is 2.29. The molecule has 28 heavy (non-hydrogen) atoms. The number of carbonyl (C=O) groups is 1. The van der Waals surface area contributed by atoms with E-state index in [0.29, 0.717) is 24.1 Å². The maximum atomic E-state index is 12.9. The van der Waals surface area contributed by atoms with Crippen LogP contribution in [-0.4, -0.2) is 53.0 Å². The normalized spacial score (nSPS) is 28.0. The Morgan fingerprint density at radius 1 is 1.11 bits per heavy atom. The largest absolute Gasteiger partial charge is 0.508 e. The fraction of sp³-hybridized carbons (Fsp3) is 0.458. The molecule has 2 aromatic carbocycles. The van der Waals surface area contributed by atoms with Crippen LogP contribution in [0.1, 0.15) is 31.4 Å². The fourth-order valence-corrected chi connectivity index (χ4v) is 4.94. The van der Waals surface area contributed by atoms with E-state index in [4.69, 9.17) is 0 Å². The van der Waals surface area contributed by atoms with E-state index in [1.165, 1.54) is 5.56 Å². The Kier molecular flexibility index (Phi) is 5.15. The molecule has 2 fully saturated rings. The molecule has 4 rings (SSSR count). The van der Waals surface area contributed by atoms with Crippen molar-refractivity contribution in [3.8, 4) is 5.75 Å². The zero-order valence-corrected chi connectivity index (χ0v) is 16.8. The van der Waals surface area contributed by atoms with Crippen molar-refractivity contribution in [2.24, 2.45) is 5.92 Å². The Balaban J connectivity index is 1.48. The Labute approximate surface area is 167 Å². The molecule has 2 heterocycles. The van der Waals surface area contributed by atoms with E-state index in [9.17, 15) is 9.90 Å². The van der Waals surface area contributed by atoms with Gasteiger partial charge in [-0.1, -0.05) is 56.3 Å². The van der Waals surface area contributed by atoms with Gasteiger partial charge in [-0.15, -0.1) is 0 Å². The summed E-state index contributed by atoms with van der Waals surface area (Å²) in [6, 6.07) is 18.1. The van der Waals surface area contributed by atoms with Crippen LogP contribution in [0.5, 0.6) is 5.75 Å². The molecule has 0 aliphatic carbocycles. The van der Waals surface area contributed by atoms with Crippen molar-refractivity contribution >= 4 is 5.91 Å². The zero-order valence-electron chi connectivity index (χ0n) is 16.8. The average molecular weight is 379 g/mol. The maximum Gasteiger partial charge on any atom is 0.227 e. The lowest BCUT2D eigenvalue weighted by Crippen LogP contribution is -2.62. The first-order valence-electron chi connectivity index (χ1n) is 10.3. The lowest BCUT2D eigenvalue weighted by atomic mass is 9.65. The summed E-state index contributed by atoms with van der Waals surface area (Å²) < 4.78 is 0. The predicted octanol–water partition coefficient (Wildman–Crippen LogP) is 3.45. The zero-order chi connectivity index (χ0) is 19.7. The van der Waals surface area contributed by atoms with Crippen LogP contribution in [0.25, 0.3) is 0 Å². The van der Waals surface area contributed by atoms with Crippen molar-refractivity contribution < 1.29 is 9.90 Å². The molecule has 4 nitrogen and oxygen atoms in total. The molecular formula is C24H30N2O2. The SMILES string of the molecule is C[C@H]1CN2CCN(C(=O)Cc3ccccc3)C[C@@H]2C[C@@]1(C)c1cccc(O)c1. The van der Waals surface area contributed by atoms with Gasteiger partial charge in [0.25, 0.3) is 0 Å². The highest BCUT2D eigenvalue weighted by molar-refractivity contribution is 5.79. The lowest BCUT2D eigenvalue weighted by molar-refractivity contribution is -0.135. The summed E-state index contributed by atoms with van der Waals surface area (Å²) in [6.07, 6.45) is 1.49. The van der Waals surface area contributed by atoms with E-state index in [0.717, 1.165) is 38.2 Å². The number of piperidine rings is 1. The number of fused-ring (bicyclic) bond motifs is 1. The molecule has 2 saturated heterocycles. The number of nitrogens with zero attached hydrogens (tertiary/aromatic N) is 2. The molecule has 0 radical (unpaired) electrons. The van der Waals surface area contributed by atoms with Gasteiger partial charge in [-0.05, 0) is 41.0 Å². The van der Waals surface area contributed by atoms with Crippen molar-refractivity contribution in [1.82, 2.24) is 9.80 Å². The van der Waals surface area contributed by atoms with Gasteiger partial charge in [0.15, 0.2) is 0 Å². The molecule has 2 aromatic rings. The molecule has 2 aliphatic rings. The molecule has 4 heteroatoms. The standard InChI is InChI=1S/C24H30N2O2/c1-18-16-25-11-12-26(23(28)13-19-7-4-3-5-8-19)17-21(25)15-24(18,2)20-9-6-10-22(27)14-20/h3-10,14,18,21,27H,11-13,15-17H2,1-2H3/t18-,21-,24+/m0/s1. The van der Waals surface area contributed by atoms with E-state index in [1.54, 1.807) is 6.07 Å². The van der Waals surface area contributed by atoms with Gasteiger partial charge in [0.2, 0.25) is 5.91 Å². The highest BCUT2D eigenvalue weighted by Gasteiger charge is 2.45. The Hall–Kier alpha value is -2.33. The first kappa shape index (κ1) is 19.0. The predicted molar refractivity (Wildman–Crippen MR) is 111 cm³/mol. The molecular weight excluding hydrogens is 348 g/mol. The quantitative estimate of drug-likeness (QED) is 0.890. The number of carbonyl (C=O) groups excluding carboxylic acids is 1. The number of benzene rings is 2. The molecule has 0 spiro atoms. The molecule has 1 N–H and O–H groups in total. The van der Waals surface area contributed by atoms with Gasteiger partial charge < -0.3 is 10.0 Å². The smallest absolute Gasteiger partial charge is 0.227 e. The Morgan fingerprint density at radius 2 is 1.89 bits per heavy atom. The summed E-state index contributed by atoms with van der Waals surface area (Å²) >= 11 is 0. The summed E-state index contributed by atoms with van der Waals surface area (Å²) in [5.74, 6) is 1.05. The van der Waals surface area contributed by atoms with Crippen LogP contribution in [0.3, 0.4) is 0 Å². The fourth-order valence-electron chi connectivity index (χ4n) is 4.94. The Bertz CT molecular complexity index is 838. The second-order valence-electron chi connectivity index (χ2n) is 8.72. The van der Waals surface area contributed by atoms with Crippen LogP contribution < -0.4 is 0 Å². The van der Waals surface area contributed by atoms with Crippen LogP contribution in [-0.2, 0) is 16.6 Å². The number of piperazine rings is 1. The number of phenols is 1. The lowest BCUT2D eigenvalue weighted by Gasteiger charge is -2.53. The number of hydrogen-bond acceptors (Lipinski definition) is 3. The maximum absolute atomic E-state index is 12.9. The minimum atomic E-state index is 0.00535. The van der Waals surface area contributed by atoms with Gasteiger partial charge in [0.1, 0.15) is 5.75 Å². The third-order valence-corrected chi connectivity index (χ3v) is 6.92. The summed E-state index contributed by atoms with van der Waals surface area (Å²) in [5, 5.41) is 9.97. The number of hydrogen-bond donors (Lipinski definition) is 1. The third-order valence-electron chi connectivity index (χ3n) is 6.92. The van der Waals surface area contributed by atoms with Crippen LogP contribution >= 0.6 is 0 Å². The summed E-state index contributed by atoms with van der Waals surface area (Å²) in [7, 11) is 0. The van der Waals surface area contributed by atoms with Gasteiger partial charge in [-0.3, -0.25) is 9.69 Å². The van der Waals surface area contributed by atoms with Crippen molar-refractivity contribution in [2.45, 2.75) is 38.1 Å². The van der Waals surface area contributed by atoms with E-state index >= 15 is 0 Å². The average Bonchev–Trinajstić information content (AvgIpc) is 2.69. The highest BCUT2D eigenvalue weighted by Crippen LogP contribution is 2.43. The Morgan fingerprint density at radius 3 is 2.64 bits per heavy atom. The molecule has 0 unspecified atom stereocenters. The monoisotopic (exact) mass is 378 g/mol. The molecule has 148 valence electrons. The first-order chi connectivity index (χ1) is 13.5. The second kappa shape index (κ2) is 7.59. The van der Waals surface area contributed by atoms with Gasteiger partial charge >= 0.3 is 0 Å². The molecule has 0 bridgehead atoms. The first-order valence-corrected chi connectivity index (χ1v) is 10.3. The van der Waals surface area contributed by atoms with Crippen molar-refractivity contribution in [2.75, 3.05) is 26.2 Å². The molecule has 0 saturated carbocycles. The van der Waals surface area contributed by atoms with Crippen LogP contribution in [0.2, 0.25) is 0 Å². The summed E-state index contributed by atoms with van der Waals surface area (Å²) in [4.78, 5) is 17.5. The topological polar surface area (TPSA) is 43.8 Å². The number of phenolic OH excluding ortho intramolecular Hbond substituents is 1. The van der Waals surface area contributed by atoms with Crippen LogP contribution in [0.4, 0.5) is 0 Å². The van der Waals surface area contributed by atoms with Crippen LogP contribution in [0.15, 0.2) is 54.6 Å². The minimum Gasteiger partial charge on any atom is -0.508 e. The van der Waals surface area contributed by atoms with Crippen molar-refractivity contribution in [3.05, 3.63) is 65.7 Å². The van der Waals surface area contributed by atoms with Gasteiger partial charge in [0, 0.05) is 32.2 Å². The van der Waals surface area contributed by atoms with Gasteiger partial charge in [-0.2, -0.15) is 0 Å². The van der Waals surface area contributed by atoms with E-state index in [2.05, 4.69) is 24.8 Å². The number of rotatable bonds is 3. The van der Waals surface area contributed by atoms with E-state index in [-0.39, 0.29) is 11.3 Å². The molecule has 3 atom stereocenters. The van der Waals surface area contributed by atoms with Crippen LogP contribution in [0, 0.1) is 5.92 Å². The molecule has 0 aromatic heterocycles. The number of amides is 1. The van der Waals surface area contributed by atoms with Gasteiger partial charge in [-0.25, -0.2) is 0 Å². The van der Waals surface area contributed by atoms with Crippen molar-refractivity contribution in [3.63, 3.8) is 0 Å². The van der Waals surface area contributed by atoms with Gasteiger partial charge in [0.05, 0.1) is 6.42 Å². The minimum absolute atomic E-state index is 0.00535. The van der Waals surface area contributed by atoms with E-state index in [1.807, 2.05) is 47.4 Å². The molecule has 2 aliphatic heterocycles. The van der Waals surface area contributed by atoms with E-state index < -0.39 is 0 Å². The second-order valence-corrected chi connectivity index (χ2v) is 8.72. The third kappa shape index (κ3) is 3.66. The summed E-state index contributed by atoms with van der Waals surface area (Å²) in [6.45, 7) is 8.23. The highest BCUT2D eigenvalue weighted by atomic mass is 16.3. The van der Waals surface area contributed by atoms with Crippen molar-refractivity contribution in [1.29, 1.82) is 0 Å².